The second kappa shape index (κ2) is 4.67. The van der Waals surface area contributed by atoms with Crippen molar-refractivity contribution in [1.29, 1.82) is 0 Å². The molecular weight excluding hydrogens is 190 g/mol. The van der Waals surface area contributed by atoms with Crippen LogP contribution in [0.3, 0.4) is 0 Å². The zero-order chi connectivity index (χ0) is 8.97. The van der Waals surface area contributed by atoms with Gasteiger partial charge in [-0.05, 0) is 6.42 Å². The molecule has 1 unspecified atom stereocenters. The minimum absolute atomic E-state index is 0.672. The van der Waals surface area contributed by atoms with E-state index >= 15 is 0 Å². The van der Waals surface area contributed by atoms with Crippen LogP contribution >= 0.6 is 23.3 Å². The van der Waals surface area contributed by atoms with Crippen LogP contribution in [-0.2, 0) is 5.75 Å². The SMILES string of the molecule is CCC(C)SCc1nnsc1N. The molecule has 1 atom stereocenters. The molecule has 0 amide bonds. The van der Waals surface area contributed by atoms with E-state index in [4.69, 9.17) is 5.73 Å². The molecule has 0 aromatic carbocycles. The Labute approximate surface area is 80.9 Å². The molecule has 0 bridgehead atoms. The maximum atomic E-state index is 5.65. The third kappa shape index (κ3) is 2.64. The molecule has 1 aromatic heterocycles. The third-order valence-electron chi connectivity index (χ3n) is 1.66. The molecule has 0 aliphatic heterocycles. The van der Waals surface area contributed by atoms with Crippen LogP contribution in [0.5, 0.6) is 0 Å². The number of nitrogens with two attached hydrogens (primary N) is 1. The number of anilines is 1. The number of aromatic nitrogens is 2. The molecular formula is C7H13N3S2. The van der Waals surface area contributed by atoms with Crippen molar-refractivity contribution in [1.82, 2.24) is 9.59 Å². The van der Waals surface area contributed by atoms with E-state index in [0.717, 1.165) is 16.4 Å². The quantitative estimate of drug-likeness (QED) is 0.814. The topological polar surface area (TPSA) is 51.8 Å². The summed E-state index contributed by atoms with van der Waals surface area (Å²) in [5.41, 5.74) is 6.58. The second-order valence-electron chi connectivity index (χ2n) is 2.61. The number of nitrogens with zero attached hydrogens (tertiary/aromatic N) is 2. The predicted molar refractivity (Wildman–Crippen MR) is 55.4 cm³/mol. The first kappa shape index (κ1) is 9.80. The highest BCUT2D eigenvalue weighted by molar-refractivity contribution is 7.99. The van der Waals surface area contributed by atoms with Gasteiger partial charge in [0.25, 0.3) is 0 Å². The molecule has 1 rings (SSSR count). The van der Waals surface area contributed by atoms with Gasteiger partial charge in [0.2, 0.25) is 0 Å². The van der Waals surface area contributed by atoms with E-state index in [2.05, 4.69) is 23.4 Å². The van der Waals surface area contributed by atoms with Crippen molar-refractivity contribution in [2.24, 2.45) is 0 Å². The van der Waals surface area contributed by atoms with E-state index in [0.29, 0.717) is 5.25 Å². The van der Waals surface area contributed by atoms with E-state index < -0.39 is 0 Å². The van der Waals surface area contributed by atoms with Crippen LogP contribution in [0.1, 0.15) is 26.0 Å². The minimum Gasteiger partial charge on any atom is -0.388 e. The molecule has 12 heavy (non-hydrogen) atoms. The lowest BCUT2D eigenvalue weighted by molar-refractivity contribution is 0.903. The number of nitrogen functional groups attached to an aromatic ring is 1. The molecule has 0 aliphatic carbocycles. The first-order valence-electron chi connectivity index (χ1n) is 3.92. The Morgan fingerprint density at radius 3 is 2.92 bits per heavy atom. The van der Waals surface area contributed by atoms with Crippen LogP contribution in [0.2, 0.25) is 0 Å². The lowest BCUT2D eigenvalue weighted by Gasteiger charge is -2.05. The predicted octanol–water partition coefficient (Wildman–Crippen LogP) is 2.15. The van der Waals surface area contributed by atoms with Gasteiger partial charge in [-0.1, -0.05) is 18.3 Å². The van der Waals surface area contributed by atoms with E-state index in [-0.39, 0.29) is 0 Å². The molecule has 0 fully saturated rings. The third-order valence-corrected chi connectivity index (χ3v) is 3.60. The molecule has 0 saturated heterocycles. The smallest absolute Gasteiger partial charge is 0.131 e. The zero-order valence-electron chi connectivity index (χ0n) is 7.28. The largest absolute Gasteiger partial charge is 0.388 e. The number of thioether (sulfide) groups is 1. The van der Waals surface area contributed by atoms with Crippen molar-refractivity contribution in [2.45, 2.75) is 31.3 Å². The maximum Gasteiger partial charge on any atom is 0.131 e. The van der Waals surface area contributed by atoms with Crippen LogP contribution in [0.15, 0.2) is 0 Å². The van der Waals surface area contributed by atoms with Crippen molar-refractivity contribution >= 4 is 28.3 Å². The Morgan fingerprint density at radius 1 is 1.67 bits per heavy atom. The van der Waals surface area contributed by atoms with Gasteiger partial charge in [-0.15, -0.1) is 5.10 Å². The van der Waals surface area contributed by atoms with Crippen LogP contribution < -0.4 is 5.73 Å². The van der Waals surface area contributed by atoms with Crippen molar-refractivity contribution < 1.29 is 0 Å². The molecule has 0 aliphatic rings. The summed E-state index contributed by atoms with van der Waals surface area (Å²) in [6.07, 6.45) is 1.18. The monoisotopic (exact) mass is 203 g/mol. The molecule has 68 valence electrons. The van der Waals surface area contributed by atoms with Crippen LogP contribution in [-0.4, -0.2) is 14.8 Å². The molecule has 0 saturated carbocycles. The van der Waals surface area contributed by atoms with E-state index in [1.807, 2.05) is 11.8 Å². The van der Waals surface area contributed by atoms with Crippen molar-refractivity contribution in [2.75, 3.05) is 5.73 Å². The number of hydrogen-bond donors (Lipinski definition) is 1. The van der Waals surface area contributed by atoms with E-state index in [9.17, 15) is 0 Å². The van der Waals surface area contributed by atoms with Gasteiger partial charge in [-0.3, -0.25) is 0 Å². The van der Waals surface area contributed by atoms with Crippen molar-refractivity contribution in [3.63, 3.8) is 0 Å². The maximum absolute atomic E-state index is 5.65. The molecule has 0 spiro atoms. The lowest BCUT2D eigenvalue weighted by atomic mass is 10.4. The van der Waals surface area contributed by atoms with Gasteiger partial charge in [0.15, 0.2) is 0 Å². The fraction of sp³-hybridized carbons (Fsp3) is 0.714. The summed E-state index contributed by atoms with van der Waals surface area (Å²) in [6, 6.07) is 0. The summed E-state index contributed by atoms with van der Waals surface area (Å²) in [7, 11) is 0. The first-order chi connectivity index (χ1) is 5.74. The summed E-state index contributed by atoms with van der Waals surface area (Å²) in [4.78, 5) is 0. The first-order valence-corrected chi connectivity index (χ1v) is 5.74. The summed E-state index contributed by atoms with van der Waals surface area (Å²) in [5, 5.41) is 5.37. The summed E-state index contributed by atoms with van der Waals surface area (Å²) in [5.74, 6) is 0.886. The summed E-state index contributed by atoms with van der Waals surface area (Å²) in [6.45, 7) is 4.39. The molecule has 3 nitrogen and oxygen atoms in total. The fourth-order valence-electron chi connectivity index (χ4n) is 0.655. The number of rotatable bonds is 4. The summed E-state index contributed by atoms with van der Waals surface area (Å²) < 4.78 is 3.78. The average molecular weight is 203 g/mol. The normalized spacial score (nSPS) is 13.2. The van der Waals surface area contributed by atoms with Gasteiger partial charge in [-0.25, -0.2) is 0 Å². The van der Waals surface area contributed by atoms with Crippen LogP contribution in [0.25, 0.3) is 0 Å². The zero-order valence-corrected chi connectivity index (χ0v) is 8.91. The number of hydrogen-bond acceptors (Lipinski definition) is 5. The highest BCUT2D eigenvalue weighted by atomic mass is 32.2. The Morgan fingerprint density at radius 2 is 2.42 bits per heavy atom. The van der Waals surface area contributed by atoms with E-state index in [1.165, 1.54) is 18.0 Å². The standard InChI is InChI=1S/C7H13N3S2/c1-3-5(2)11-4-6-7(8)12-10-9-6/h5H,3-4,8H2,1-2H3. The summed E-state index contributed by atoms with van der Waals surface area (Å²) >= 11 is 3.14. The molecule has 0 radical (unpaired) electrons. The fourth-order valence-corrected chi connectivity index (χ4v) is 2.08. The highest BCUT2D eigenvalue weighted by Gasteiger charge is 2.06. The minimum atomic E-state index is 0.672. The molecule has 1 heterocycles. The Hall–Kier alpha value is -0.290. The van der Waals surface area contributed by atoms with Crippen LogP contribution in [0, 0.1) is 0 Å². The van der Waals surface area contributed by atoms with E-state index in [1.54, 1.807) is 0 Å². The van der Waals surface area contributed by atoms with Gasteiger partial charge in [0.1, 0.15) is 10.7 Å². The Balaban J connectivity index is 2.38. The van der Waals surface area contributed by atoms with Gasteiger partial charge < -0.3 is 5.73 Å². The Bertz CT molecular complexity index is 236. The van der Waals surface area contributed by atoms with Crippen LogP contribution in [0.4, 0.5) is 5.00 Å². The Kier molecular flexibility index (Phi) is 3.81. The van der Waals surface area contributed by atoms with Crippen molar-refractivity contribution in [3.05, 3.63) is 5.69 Å². The lowest BCUT2D eigenvalue weighted by Crippen LogP contribution is -1.95. The van der Waals surface area contributed by atoms with Gasteiger partial charge >= 0.3 is 0 Å². The van der Waals surface area contributed by atoms with Gasteiger partial charge in [0, 0.05) is 22.5 Å². The molecule has 5 heteroatoms. The average Bonchev–Trinajstić information content (AvgIpc) is 2.47. The van der Waals surface area contributed by atoms with Gasteiger partial charge in [0.05, 0.1) is 0 Å². The molecule has 1 aromatic rings. The second-order valence-corrected chi connectivity index (χ2v) is 4.83. The van der Waals surface area contributed by atoms with Crippen molar-refractivity contribution in [3.8, 4) is 0 Å². The van der Waals surface area contributed by atoms with Gasteiger partial charge in [-0.2, -0.15) is 11.8 Å². The molecule has 2 N–H and O–H groups in total. The highest BCUT2D eigenvalue weighted by Crippen LogP contribution is 2.23.